The largest absolute Gasteiger partial charge is 0.308 e. The fourth-order valence-corrected chi connectivity index (χ4v) is 6.47. The molecule has 4 aromatic carbocycles. The molecule has 0 saturated carbocycles. The summed E-state index contributed by atoms with van der Waals surface area (Å²) in [7, 11) is 1.77. The van der Waals surface area contributed by atoms with E-state index in [2.05, 4.69) is 100 Å². The van der Waals surface area contributed by atoms with E-state index in [0.717, 1.165) is 5.52 Å². The summed E-state index contributed by atoms with van der Waals surface area (Å²) in [6.07, 6.45) is 1.95. The third-order valence-corrected chi connectivity index (χ3v) is 8.68. The molecular weight excluding hydrogens is 511 g/mol. The Hall–Kier alpha value is -2.57. The molecule has 4 heteroatoms. The predicted molar refractivity (Wildman–Crippen MR) is 143 cm³/mol. The minimum atomic E-state index is 1.10. The number of aromatic nitrogens is 2. The molecule has 7 rings (SSSR count). The van der Waals surface area contributed by atoms with Crippen LogP contribution in [-0.4, -0.2) is 9.38 Å². The van der Waals surface area contributed by atoms with Gasteiger partial charge >= 0.3 is 0 Å². The zero-order chi connectivity index (χ0) is 20.9. The molecule has 0 aliphatic rings. The van der Waals surface area contributed by atoms with Crippen molar-refractivity contribution in [2.45, 2.75) is 18.7 Å². The Bertz CT molecular complexity index is 1850. The molecule has 0 aliphatic heterocycles. The fourth-order valence-electron chi connectivity index (χ4n) is 5.37. The molecule has 0 N–H and O–H groups in total. The van der Waals surface area contributed by atoms with E-state index >= 15 is 0 Å². The van der Waals surface area contributed by atoms with E-state index in [4.69, 9.17) is 4.98 Å². The van der Waals surface area contributed by atoms with Gasteiger partial charge in [0.25, 0.3) is 0 Å². The minimum absolute atomic E-state index is 1.10. The van der Waals surface area contributed by atoms with Crippen LogP contribution < -0.4 is 0 Å². The van der Waals surface area contributed by atoms with Gasteiger partial charge in [-0.2, -0.15) is 0 Å². The van der Waals surface area contributed by atoms with Crippen LogP contribution in [0.25, 0.3) is 59.8 Å². The Morgan fingerprint density at radius 2 is 1.61 bits per heavy atom. The normalized spacial score (nSPS) is 12.5. The highest BCUT2D eigenvalue weighted by molar-refractivity contribution is 14.2. The van der Waals surface area contributed by atoms with Gasteiger partial charge in [0.2, 0.25) is 0 Å². The lowest BCUT2D eigenvalue weighted by Gasteiger charge is -2.16. The highest BCUT2D eigenvalue weighted by Crippen LogP contribution is 2.43. The smallest absolute Gasteiger partial charge is 0.0823 e. The van der Waals surface area contributed by atoms with Gasteiger partial charge in [0, 0.05) is 53.8 Å². The summed E-state index contributed by atoms with van der Waals surface area (Å²) in [6.45, 7) is 4.44. The minimum Gasteiger partial charge on any atom is -0.308 e. The molecule has 3 heterocycles. The van der Waals surface area contributed by atoms with Crippen molar-refractivity contribution in [1.29, 1.82) is 0 Å². The molecular formula is C27H17IN2S. The first kappa shape index (κ1) is 18.0. The van der Waals surface area contributed by atoms with Crippen molar-refractivity contribution in [1.82, 2.24) is 9.38 Å². The van der Waals surface area contributed by atoms with Gasteiger partial charge in [-0.25, -0.2) is 0 Å². The molecule has 0 atom stereocenters. The molecule has 148 valence electrons. The summed E-state index contributed by atoms with van der Waals surface area (Å²) < 4.78 is 2.50. The maximum atomic E-state index is 4.91. The van der Waals surface area contributed by atoms with Crippen LogP contribution in [0.15, 0.2) is 71.8 Å². The molecule has 0 amide bonds. The summed E-state index contributed by atoms with van der Waals surface area (Å²) in [4.78, 5) is 6.19. The average Bonchev–Trinajstić information content (AvgIpc) is 3.13. The number of halogens is 1. The van der Waals surface area contributed by atoms with Gasteiger partial charge < -0.3 is 4.40 Å². The van der Waals surface area contributed by atoms with Crippen molar-refractivity contribution in [3.05, 3.63) is 78.0 Å². The molecule has 0 bridgehead atoms. The maximum Gasteiger partial charge on any atom is 0.0823 e. The number of aryl methyl sites for hydroxylation is 2. The van der Waals surface area contributed by atoms with E-state index in [1.54, 1.807) is 8.93 Å². The monoisotopic (exact) mass is 528 g/mol. The van der Waals surface area contributed by atoms with Crippen LogP contribution in [0.3, 0.4) is 0 Å². The lowest BCUT2D eigenvalue weighted by Crippen LogP contribution is -1.97. The van der Waals surface area contributed by atoms with E-state index in [-0.39, 0.29) is 0 Å². The van der Waals surface area contributed by atoms with Crippen molar-refractivity contribution in [2.75, 3.05) is 0 Å². The number of nitrogens with zero attached hydrogens (tertiary/aromatic N) is 2. The number of benzene rings is 4. The third kappa shape index (κ3) is 2.27. The van der Waals surface area contributed by atoms with Gasteiger partial charge in [0.05, 0.1) is 22.1 Å². The van der Waals surface area contributed by atoms with Crippen LogP contribution in [0.5, 0.6) is 0 Å². The molecule has 0 fully saturated rings. The zero-order valence-corrected chi connectivity index (χ0v) is 20.0. The van der Waals surface area contributed by atoms with Crippen LogP contribution in [-0.2, 0) is 0 Å². The van der Waals surface area contributed by atoms with E-state index in [0.29, 0.717) is 0 Å². The standard InChI is InChI=1S/C27H17IN2S/c1-14-3-4-17-12-22-25-24-16(9-10-29-25)5-7-20-19-8-6-18(31-28)13-23(19)30(27(20)24)26(22)15(2)21(17)11-14/h3-13H,1-2H3. The summed E-state index contributed by atoms with van der Waals surface area (Å²) in [5, 5.41) is 8.93. The molecule has 31 heavy (non-hydrogen) atoms. The lowest BCUT2D eigenvalue weighted by atomic mass is 9.96. The Morgan fingerprint density at radius 3 is 2.48 bits per heavy atom. The van der Waals surface area contributed by atoms with Crippen LogP contribution >= 0.6 is 30.1 Å². The van der Waals surface area contributed by atoms with Gasteiger partial charge in [-0.15, -0.1) is 0 Å². The summed E-state index contributed by atoms with van der Waals surface area (Å²) in [5.41, 5.74) is 7.53. The summed E-state index contributed by atoms with van der Waals surface area (Å²) in [6, 6.07) is 22.6. The van der Waals surface area contributed by atoms with Crippen LogP contribution in [0, 0.1) is 13.8 Å². The Labute approximate surface area is 195 Å². The molecule has 0 unspecified atom stereocenters. The highest BCUT2D eigenvalue weighted by atomic mass is 127. The van der Waals surface area contributed by atoms with Gasteiger partial charge in [0.1, 0.15) is 0 Å². The quantitative estimate of drug-likeness (QED) is 0.121. The first-order chi connectivity index (χ1) is 15.2. The van der Waals surface area contributed by atoms with Gasteiger partial charge in [0.15, 0.2) is 0 Å². The number of fused-ring (bicyclic) bond motifs is 7. The Kier molecular flexibility index (Phi) is 3.63. The highest BCUT2D eigenvalue weighted by Gasteiger charge is 2.20. The van der Waals surface area contributed by atoms with Crippen molar-refractivity contribution in [2.24, 2.45) is 0 Å². The fraction of sp³-hybridized carbons (Fsp3) is 0.0741. The van der Waals surface area contributed by atoms with Crippen LogP contribution in [0.1, 0.15) is 11.1 Å². The van der Waals surface area contributed by atoms with Crippen molar-refractivity contribution in [3.63, 3.8) is 0 Å². The molecule has 0 aliphatic carbocycles. The SMILES string of the molecule is Cc1ccc2cc3c4nccc5ccc6c7ccc(SI)cc7n(c3c(C)c2c1)c6c54. The first-order valence-corrected chi connectivity index (χ1v) is 13.7. The molecule has 2 nitrogen and oxygen atoms in total. The number of rotatable bonds is 1. The molecule has 0 saturated heterocycles. The van der Waals surface area contributed by atoms with Gasteiger partial charge in [-0.1, -0.05) is 50.9 Å². The van der Waals surface area contributed by atoms with E-state index in [1.807, 2.05) is 6.20 Å². The number of hydrogen-bond donors (Lipinski definition) is 0. The van der Waals surface area contributed by atoms with Crippen molar-refractivity contribution in [3.8, 4) is 0 Å². The second-order valence-corrected chi connectivity index (χ2v) is 10.4. The second kappa shape index (κ2) is 6.24. The van der Waals surface area contributed by atoms with E-state index in [9.17, 15) is 0 Å². The van der Waals surface area contributed by atoms with E-state index in [1.165, 1.54) is 70.3 Å². The Morgan fingerprint density at radius 1 is 0.774 bits per heavy atom. The zero-order valence-electron chi connectivity index (χ0n) is 17.0. The van der Waals surface area contributed by atoms with E-state index < -0.39 is 0 Å². The topological polar surface area (TPSA) is 17.3 Å². The van der Waals surface area contributed by atoms with Crippen LogP contribution in [0.4, 0.5) is 0 Å². The van der Waals surface area contributed by atoms with Crippen molar-refractivity contribution >= 4 is 89.9 Å². The summed E-state index contributed by atoms with van der Waals surface area (Å²) in [5.74, 6) is 0. The van der Waals surface area contributed by atoms with Crippen molar-refractivity contribution < 1.29 is 0 Å². The average molecular weight is 528 g/mol. The number of pyridine rings is 2. The van der Waals surface area contributed by atoms with Gasteiger partial charge in [-0.3, -0.25) is 4.98 Å². The molecule has 0 radical (unpaired) electrons. The van der Waals surface area contributed by atoms with Gasteiger partial charge in [-0.05, 0) is 59.8 Å². The number of hydrogen-bond acceptors (Lipinski definition) is 2. The first-order valence-electron chi connectivity index (χ1n) is 10.3. The Balaban J connectivity index is 1.91. The third-order valence-electron chi connectivity index (χ3n) is 6.72. The van der Waals surface area contributed by atoms with Crippen LogP contribution in [0.2, 0.25) is 0 Å². The second-order valence-electron chi connectivity index (χ2n) is 8.43. The lowest BCUT2D eigenvalue weighted by molar-refractivity contribution is 1.30. The molecule has 3 aromatic heterocycles. The summed E-state index contributed by atoms with van der Waals surface area (Å²) >= 11 is 2.37. The predicted octanol–water partition coefficient (Wildman–Crippen LogP) is 8.60. The molecule has 7 aromatic rings. The maximum absolute atomic E-state index is 4.91. The molecule has 0 spiro atoms.